The molecule has 2 aromatic carbocycles. The summed E-state index contributed by atoms with van der Waals surface area (Å²) >= 11 is 5.67. The summed E-state index contributed by atoms with van der Waals surface area (Å²) < 4.78 is 65.1. The van der Waals surface area contributed by atoms with Crippen LogP contribution in [-0.2, 0) is 21.0 Å². The number of halogens is 4. The summed E-state index contributed by atoms with van der Waals surface area (Å²) in [5.41, 5.74) is -0.355. The van der Waals surface area contributed by atoms with Gasteiger partial charge in [0, 0.05) is 24.8 Å². The molecule has 1 saturated heterocycles. The lowest BCUT2D eigenvalue weighted by Crippen LogP contribution is -2.47. The van der Waals surface area contributed by atoms with Crippen molar-refractivity contribution < 1.29 is 26.4 Å². The van der Waals surface area contributed by atoms with E-state index in [2.05, 4.69) is 10.0 Å². The minimum absolute atomic E-state index is 0.0127. The first-order valence-corrected chi connectivity index (χ1v) is 12.1. The Hall–Kier alpha value is -2.14. The predicted octanol–water partition coefficient (Wildman–Crippen LogP) is 4.05. The summed E-state index contributed by atoms with van der Waals surface area (Å²) in [4.78, 5) is 15.1. The first kappa shape index (κ1) is 24.5. The molecular weight excluding hydrogens is 467 g/mol. The molecule has 0 aliphatic carbocycles. The molecule has 11 heteroatoms. The van der Waals surface area contributed by atoms with Crippen LogP contribution in [-0.4, -0.2) is 44.6 Å². The number of likely N-dealkylation sites (tertiary alicyclic amines) is 1. The van der Waals surface area contributed by atoms with Crippen LogP contribution >= 0.6 is 11.6 Å². The van der Waals surface area contributed by atoms with Crippen molar-refractivity contribution >= 4 is 33.2 Å². The molecule has 0 aromatic heterocycles. The van der Waals surface area contributed by atoms with Gasteiger partial charge in [0.1, 0.15) is 6.04 Å². The molecule has 1 heterocycles. The summed E-state index contributed by atoms with van der Waals surface area (Å²) in [5, 5.41) is 2.13. The largest absolute Gasteiger partial charge is 0.417 e. The smallest absolute Gasteiger partial charge is 0.324 e. The summed E-state index contributed by atoms with van der Waals surface area (Å²) in [6, 6.07) is 11.1. The lowest BCUT2D eigenvalue weighted by atomic mass is 9.99. The summed E-state index contributed by atoms with van der Waals surface area (Å²) in [5.74, 6) is -0.485. The molecule has 0 unspecified atom stereocenters. The Bertz CT molecular complexity index is 1060. The molecule has 174 valence electrons. The molecule has 0 radical (unpaired) electrons. The van der Waals surface area contributed by atoms with Gasteiger partial charge in [0.05, 0.1) is 16.8 Å². The maximum atomic E-state index is 13.2. The molecule has 0 spiro atoms. The van der Waals surface area contributed by atoms with Crippen LogP contribution in [0.25, 0.3) is 0 Å². The van der Waals surface area contributed by atoms with E-state index in [1.54, 1.807) is 30.3 Å². The van der Waals surface area contributed by atoms with Crippen molar-refractivity contribution in [1.29, 1.82) is 0 Å². The number of rotatable bonds is 6. The average molecular weight is 490 g/mol. The molecule has 1 aliphatic rings. The Morgan fingerprint density at radius 1 is 1.12 bits per heavy atom. The lowest BCUT2D eigenvalue weighted by molar-refractivity contribution is -0.137. The van der Waals surface area contributed by atoms with E-state index < -0.39 is 38.7 Å². The highest BCUT2D eigenvalue weighted by Gasteiger charge is 2.35. The first-order valence-electron chi connectivity index (χ1n) is 9.88. The number of anilines is 1. The fourth-order valence-electron chi connectivity index (χ4n) is 3.77. The normalized spacial score (nSPS) is 17.2. The van der Waals surface area contributed by atoms with Crippen molar-refractivity contribution in [2.24, 2.45) is 0 Å². The molecule has 2 N–H and O–H groups in total. The first-order chi connectivity index (χ1) is 14.9. The summed E-state index contributed by atoms with van der Waals surface area (Å²) in [6.45, 7) is 0.878. The maximum absolute atomic E-state index is 13.2. The van der Waals surface area contributed by atoms with E-state index in [-0.39, 0.29) is 11.7 Å². The van der Waals surface area contributed by atoms with Gasteiger partial charge in [-0.1, -0.05) is 41.9 Å². The molecular formula is C21H23ClF3N3O3S. The predicted molar refractivity (Wildman–Crippen MR) is 117 cm³/mol. The zero-order valence-electron chi connectivity index (χ0n) is 17.2. The van der Waals surface area contributed by atoms with E-state index in [4.69, 9.17) is 11.6 Å². The molecule has 1 fully saturated rings. The number of benzene rings is 2. The van der Waals surface area contributed by atoms with Crippen molar-refractivity contribution in [1.82, 2.24) is 9.62 Å². The average Bonchev–Trinajstić information content (AvgIpc) is 2.70. The molecule has 1 aliphatic heterocycles. The number of alkyl halides is 3. The zero-order chi connectivity index (χ0) is 23.5. The van der Waals surface area contributed by atoms with Crippen LogP contribution in [0.3, 0.4) is 0 Å². The van der Waals surface area contributed by atoms with Gasteiger partial charge in [-0.25, -0.2) is 13.1 Å². The topological polar surface area (TPSA) is 78.5 Å². The molecule has 0 saturated carbocycles. The van der Waals surface area contributed by atoms with Crippen LogP contribution in [0.15, 0.2) is 48.5 Å². The Balaban J connectivity index is 1.81. The van der Waals surface area contributed by atoms with Gasteiger partial charge in [0.2, 0.25) is 15.9 Å². The minimum atomic E-state index is -4.65. The number of nitrogens with one attached hydrogen (secondary N) is 2. The highest BCUT2D eigenvalue weighted by molar-refractivity contribution is 7.88. The molecule has 1 amide bonds. The van der Waals surface area contributed by atoms with Gasteiger partial charge in [0.25, 0.3) is 0 Å². The number of hydrogen-bond acceptors (Lipinski definition) is 4. The molecule has 3 rings (SSSR count). The second-order valence-electron chi connectivity index (χ2n) is 7.70. The Kier molecular flexibility index (Phi) is 7.49. The van der Waals surface area contributed by atoms with Gasteiger partial charge >= 0.3 is 6.18 Å². The lowest BCUT2D eigenvalue weighted by Gasteiger charge is -2.37. The number of piperidine rings is 1. The van der Waals surface area contributed by atoms with Gasteiger partial charge in [-0.05, 0) is 36.6 Å². The zero-order valence-corrected chi connectivity index (χ0v) is 18.8. The Morgan fingerprint density at radius 2 is 1.75 bits per heavy atom. The monoisotopic (exact) mass is 489 g/mol. The van der Waals surface area contributed by atoms with Crippen molar-refractivity contribution in [3.8, 4) is 0 Å². The Labute approximate surface area is 189 Å². The second-order valence-corrected chi connectivity index (χ2v) is 9.88. The van der Waals surface area contributed by atoms with E-state index in [0.717, 1.165) is 18.4 Å². The van der Waals surface area contributed by atoms with Crippen molar-refractivity contribution in [3.05, 3.63) is 64.7 Å². The second kappa shape index (κ2) is 9.78. The van der Waals surface area contributed by atoms with Crippen LogP contribution in [0.4, 0.5) is 18.9 Å². The highest BCUT2D eigenvalue weighted by atomic mass is 35.5. The number of hydrogen-bond donors (Lipinski definition) is 2. The number of carbonyl (C=O) groups is 1. The number of amides is 1. The summed E-state index contributed by atoms with van der Waals surface area (Å²) in [6.07, 6.45) is -2.54. The molecule has 32 heavy (non-hydrogen) atoms. The fraction of sp³-hybridized carbons (Fsp3) is 0.381. The third-order valence-corrected chi connectivity index (χ3v) is 6.27. The Morgan fingerprint density at radius 3 is 2.31 bits per heavy atom. The SMILES string of the molecule is CS(=O)(=O)NC1CCN([C@@H](C(=O)Nc2ccc(Cl)c(C(F)(F)F)c2)c2ccccc2)CC1. The maximum Gasteiger partial charge on any atom is 0.417 e. The third-order valence-electron chi connectivity index (χ3n) is 5.18. The summed E-state index contributed by atoms with van der Waals surface area (Å²) in [7, 11) is -3.34. The molecule has 0 bridgehead atoms. The number of nitrogens with zero attached hydrogens (tertiary/aromatic N) is 1. The van der Waals surface area contributed by atoms with E-state index >= 15 is 0 Å². The molecule has 1 atom stereocenters. The van der Waals surface area contributed by atoms with Crippen molar-refractivity contribution in [3.63, 3.8) is 0 Å². The van der Waals surface area contributed by atoms with Crippen molar-refractivity contribution in [2.45, 2.75) is 31.1 Å². The standard InChI is InChI=1S/C21H23ClF3N3O3S/c1-32(30,31)27-15-9-11-28(12-10-15)19(14-5-3-2-4-6-14)20(29)26-16-7-8-18(22)17(13-16)21(23,24)25/h2-8,13,15,19,27H,9-12H2,1H3,(H,26,29)/t19-/m1/s1. The number of carbonyl (C=O) groups excluding carboxylic acids is 1. The van der Waals surface area contributed by atoms with E-state index in [1.165, 1.54) is 6.07 Å². The fourth-order valence-corrected chi connectivity index (χ4v) is 4.84. The van der Waals surface area contributed by atoms with Crippen LogP contribution in [0.1, 0.15) is 30.0 Å². The van der Waals surface area contributed by atoms with Gasteiger partial charge in [-0.3, -0.25) is 9.69 Å². The van der Waals surface area contributed by atoms with Crippen molar-refractivity contribution in [2.75, 3.05) is 24.7 Å². The van der Waals surface area contributed by atoms with E-state index in [1.807, 2.05) is 4.90 Å². The van der Waals surface area contributed by atoms with E-state index in [0.29, 0.717) is 31.5 Å². The van der Waals surface area contributed by atoms with Gasteiger partial charge in [-0.15, -0.1) is 0 Å². The van der Waals surface area contributed by atoms with Crippen LogP contribution in [0, 0.1) is 0 Å². The van der Waals surface area contributed by atoms with Gasteiger partial charge in [-0.2, -0.15) is 13.2 Å². The minimum Gasteiger partial charge on any atom is -0.324 e. The van der Waals surface area contributed by atoms with Crippen LogP contribution in [0.2, 0.25) is 5.02 Å². The molecule has 2 aromatic rings. The van der Waals surface area contributed by atoms with E-state index in [9.17, 15) is 26.4 Å². The number of sulfonamides is 1. The van der Waals surface area contributed by atoms with Crippen LogP contribution in [0.5, 0.6) is 0 Å². The molecule has 6 nitrogen and oxygen atoms in total. The van der Waals surface area contributed by atoms with Crippen LogP contribution < -0.4 is 10.0 Å². The quantitative estimate of drug-likeness (QED) is 0.641. The van der Waals surface area contributed by atoms with Gasteiger partial charge in [0.15, 0.2) is 0 Å². The highest BCUT2D eigenvalue weighted by Crippen LogP contribution is 2.36. The third kappa shape index (κ3) is 6.44. The van der Waals surface area contributed by atoms with Gasteiger partial charge < -0.3 is 5.32 Å².